The molecule has 17 heavy (non-hydrogen) atoms. The monoisotopic (exact) mass is 318 g/mol. The maximum Gasteiger partial charge on any atom is 0.147 e. The minimum absolute atomic E-state index is 0.146. The zero-order valence-corrected chi connectivity index (χ0v) is 12.4. The lowest BCUT2D eigenvalue weighted by atomic mass is 10.1. The van der Waals surface area contributed by atoms with Crippen molar-refractivity contribution in [2.24, 2.45) is 5.92 Å². The molecule has 0 bridgehead atoms. The van der Waals surface area contributed by atoms with Crippen LogP contribution >= 0.6 is 27.7 Å². The lowest BCUT2D eigenvalue weighted by Gasteiger charge is -2.05. The van der Waals surface area contributed by atoms with Gasteiger partial charge in [0.05, 0.1) is 5.75 Å². The van der Waals surface area contributed by atoms with Gasteiger partial charge >= 0.3 is 0 Å². The van der Waals surface area contributed by atoms with Crippen LogP contribution in [0, 0.1) is 11.7 Å². The van der Waals surface area contributed by atoms with Crippen molar-refractivity contribution in [3.05, 3.63) is 34.1 Å². The van der Waals surface area contributed by atoms with Gasteiger partial charge in [0.1, 0.15) is 11.6 Å². The Hall–Kier alpha value is -0.350. The molecule has 0 unspecified atom stereocenters. The first kappa shape index (κ1) is 14.7. The third kappa shape index (κ3) is 6.22. The molecule has 0 amide bonds. The first-order valence-electron chi connectivity index (χ1n) is 5.52. The van der Waals surface area contributed by atoms with Gasteiger partial charge in [-0.3, -0.25) is 4.79 Å². The molecule has 4 heteroatoms. The molecule has 1 rings (SSSR count). The fourth-order valence-corrected chi connectivity index (χ4v) is 2.83. The molecule has 0 N–H and O–H groups in total. The topological polar surface area (TPSA) is 17.1 Å². The van der Waals surface area contributed by atoms with Crippen LogP contribution in [0.4, 0.5) is 4.39 Å². The van der Waals surface area contributed by atoms with Gasteiger partial charge < -0.3 is 0 Å². The molecule has 0 aliphatic heterocycles. The highest BCUT2D eigenvalue weighted by Gasteiger charge is 2.07. The molecule has 1 aromatic rings. The Balaban J connectivity index is 2.45. The van der Waals surface area contributed by atoms with Gasteiger partial charge in [-0.15, -0.1) is 0 Å². The second-order valence-electron chi connectivity index (χ2n) is 4.40. The predicted molar refractivity (Wildman–Crippen MR) is 75.0 cm³/mol. The second-order valence-corrected chi connectivity index (χ2v) is 6.35. The highest BCUT2D eigenvalue weighted by Crippen LogP contribution is 2.16. The van der Waals surface area contributed by atoms with Crippen molar-refractivity contribution in [3.63, 3.8) is 0 Å². The molecule has 1 aromatic carbocycles. The van der Waals surface area contributed by atoms with Crippen molar-refractivity contribution in [3.8, 4) is 0 Å². The van der Waals surface area contributed by atoms with E-state index in [2.05, 4.69) is 29.8 Å². The minimum Gasteiger partial charge on any atom is -0.298 e. The van der Waals surface area contributed by atoms with E-state index in [9.17, 15) is 9.18 Å². The van der Waals surface area contributed by atoms with Crippen LogP contribution in [0.25, 0.3) is 0 Å². The quantitative estimate of drug-likeness (QED) is 0.785. The molecule has 0 atom stereocenters. The summed E-state index contributed by atoms with van der Waals surface area (Å²) in [6.45, 7) is 4.25. The molecular formula is C13H16BrFOS. The first-order chi connectivity index (χ1) is 7.97. The van der Waals surface area contributed by atoms with E-state index >= 15 is 0 Å². The number of carbonyl (C=O) groups excluding carboxylic acids is 1. The normalized spacial score (nSPS) is 10.9. The molecule has 0 aliphatic rings. The molecule has 0 radical (unpaired) electrons. The van der Waals surface area contributed by atoms with Crippen molar-refractivity contribution in [2.45, 2.75) is 20.3 Å². The van der Waals surface area contributed by atoms with E-state index in [0.29, 0.717) is 22.6 Å². The van der Waals surface area contributed by atoms with Crippen LogP contribution in [-0.2, 0) is 11.2 Å². The van der Waals surface area contributed by atoms with E-state index in [4.69, 9.17) is 0 Å². The lowest BCUT2D eigenvalue weighted by Crippen LogP contribution is -2.07. The van der Waals surface area contributed by atoms with Crippen molar-refractivity contribution in [2.75, 3.05) is 11.5 Å². The smallest absolute Gasteiger partial charge is 0.147 e. The van der Waals surface area contributed by atoms with E-state index in [1.807, 2.05) is 0 Å². The van der Waals surface area contributed by atoms with Gasteiger partial charge in [0.15, 0.2) is 0 Å². The average Bonchev–Trinajstić information content (AvgIpc) is 2.14. The summed E-state index contributed by atoms with van der Waals surface area (Å²) in [5, 5.41) is 0. The number of hydrogen-bond donors (Lipinski definition) is 0. The summed E-state index contributed by atoms with van der Waals surface area (Å²) < 4.78 is 13.8. The third-order valence-electron chi connectivity index (χ3n) is 2.04. The fraction of sp³-hybridized carbons (Fsp3) is 0.462. The maximum atomic E-state index is 13.1. The van der Waals surface area contributed by atoms with Gasteiger partial charge in [0.25, 0.3) is 0 Å². The Morgan fingerprint density at radius 3 is 2.71 bits per heavy atom. The van der Waals surface area contributed by atoms with Crippen LogP contribution < -0.4 is 0 Å². The molecular weight excluding hydrogens is 303 g/mol. The van der Waals surface area contributed by atoms with Crippen LogP contribution in [0.15, 0.2) is 22.7 Å². The zero-order chi connectivity index (χ0) is 12.8. The number of thioether (sulfide) groups is 1. The number of carbonyl (C=O) groups is 1. The Morgan fingerprint density at radius 2 is 2.12 bits per heavy atom. The van der Waals surface area contributed by atoms with Crippen molar-refractivity contribution >= 4 is 33.5 Å². The summed E-state index contributed by atoms with van der Waals surface area (Å²) in [5.74, 6) is 1.92. The highest BCUT2D eigenvalue weighted by atomic mass is 79.9. The van der Waals surface area contributed by atoms with Crippen LogP contribution in [0.1, 0.15) is 19.4 Å². The van der Waals surface area contributed by atoms with Crippen molar-refractivity contribution < 1.29 is 9.18 Å². The largest absolute Gasteiger partial charge is 0.298 e. The van der Waals surface area contributed by atoms with Crippen molar-refractivity contribution in [1.82, 2.24) is 0 Å². The predicted octanol–water partition coefficient (Wildman–Crippen LogP) is 4.09. The van der Waals surface area contributed by atoms with Crippen LogP contribution in [0.5, 0.6) is 0 Å². The Labute approximate surface area is 114 Å². The van der Waals surface area contributed by atoms with Gasteiger partial charge in [-0.2, -0.15) is 11.8 Å². The minimum atomic E-state index is -0.308. The summed E-state index contributed by atoms with van der Waals surface area (Å²) in [7, 11) is 0. The molecule has 0 heterocycles. The molecule has 0 spiro atoms. The molecule has 0 saturated heterocycles. The molecule has 1 nitrogen and oxygen atoms in total. The van der Waals surface area contributed by atoms with E-state index in [1.54, 1.807) is 17.8 Å². The van der Waals surface area contributed by atoms with E-state index in [1.165, 1.54) is 12.1 Å². The Kier molecular flexibility index (Phi) is 6.20. The van der Waals surface area contributed by atoms with Crippen LogP contribution in [0.3, 0.4) is 0 Å². The summed E-state index contributed by atoms with van der Waals surface area (Å²) in [4.78, 5) is 11.7. The molecule has 0 aromatic heterocycles. The zero-order valence-electron chi connectivity index (χ0n) is 10.0. The number of hydrogen-bond acceptors (Lipinski definition) is 2. The van der Waals surface area contributed by atoms with Gasteiger partial charge in [0.2, 0.25) is 0 Å². The SMILES string of the molecule is CC(C)CSCC(=O)Cc1cc(F)cc(Br)c1. The summed E-state index contributed by atoms with van der Waals surface area (Å²) in [6, 6.07) is 4.59. The maximum absolute atomic E-state index is 13.1. The molecule has 94 valence electrons. The van der Waals surface area contributed by atoms with Gasteiger partial charge in [0, 0.05) is 10.9 Å². The lowest BCUT2D eigenvalue weighted by molar-refractivity contribution is -0.116. The Bertz CT molecular complexity index is 373. The standard InChI is InChI=1S/C13H16BrFOS/c1-9(2)7-17-8-13(16)5-10-3-11(14)6-12(15)4-10/h3-4,6,9H,5,7-8H2,1-2H3. The average molecular weight is 319 g/mol. The number of Topliss-reactive ketones (excluding diaryl/α,β-unsaturated/α-hetero) is 1. The number of benzene rings is 1. The van der Waals surface area contributed by atoms with Gasteiger partial charge in [-0.1, -0.05) is 29.8 Å². The Morgan fingerprint density at radius 1 is 1.41 bits per heavy atom. The second kappa shape index (κ2) is 7.17. The number of ketones is 1. The van der Waals surface area contributed by atoms with Gasteiger partial charge in [-0.25, -0.2) is 4.39 Å². The van der Waals surface area contributed by atoms with Crippen molar-refractivity contribution in [1.29, 1.82) is 0 Å². The number of rotatable bonds is 6. The van der Waals surface area contributed by atoms with E-state index in [0.717, 1.165) is 11.3 Å². The first-order valence-corrected chi connectivity index (χ1v) is 7.46. The molecule has 0 fully saturated rings. The summed E-state index contributed by atoms with van der Waals surface area (Å²) in [5.41, 5.74) is 0.729. The summed E-state index contributed by atoms with van der Waals surface area (Å²) >= 11 is 4.86. The van der Waals surface area contributed by atoms with Crippen LogP contribution in [0.2, 0.25) is 0 Å². The summed E-state index contributed by atoms with van der Waals surface area (Å²) in [6.07, 6.45) is 0.307. The van der Waals surface area contributed by atoms with Crippen LogP contribution in [-0.4, -0.2) is 17.3 Å². The third-order valence-corrected chi connectivity index (χ3v) is 3.92. The molecule has 0 aliphatic carbocycles. The van der Waals surface area contributed by atoms with E-state index in [-0.39, 0.29) is 11.6 Å². The van der Waals surface area contributed by atoms with E-state index < -0.39 is 0 Å². The fourth-order valence-electron chi connectivity index (χ4n) is 1.40. The van der Waals surface area contributed by atoms with Gasteiger partial charge in [-0.05, 0) is 35.4 Å². The highest BCUT2D eigenvalue weighted by molar-refractivity contribution is 9.10. The molecule has 0 saturated carbocycles. The number of halogens is 2.